The lowest BCUT2D eigenvalue weighted by molar-refractivity contribution is -0.142. The Morgan fingerprint density at radius 3 is 2.50 bits per heavy atom. The highest BCUT2D eigenvalue weighted by Crippen LogP contribution is 2.18. The van der Waals surface area contributed by atoms with Crippen molar-refractivity contribution in [3.63, 3.8) is 0 Å². The Bertz CT molecular complexity index is 273. The molecule has 1 amide bonds. The van der Waals surface area contributed by atoms with Crippen LogP contribution in [0.3, 0.4) is 0 Å². The molecule has 1 fully saturated rings. The maximum atomic E-state index is 12.5. The fraction of sp³-hybridized carbons (Fsp3) is 0.923. The van der Waals surface area contributed by atoms with E-state index in [1.165, 1.54) is 0 Å². The van der Waals surface area contributed by atoms with E-state index in [4.69, 9.17) is 0 Å². The van der Waals surface area contributed by atoms with Crippen LogP contribution in [0.25, 0.3) is 0 Å². The zero-order chi connectivity index (χ0) is 13.8. The molecule has 18 heavy (non-hydrogen) atoms. The number of aliphatic hydroxyl groups excluding tert-OH is 1. The number of aliphatic hydroxyl groups is 1. The Kier molecular flexibility index (Phi) is 5.56. The largest absolute Gasteiger partial charge is 0.393 e. The van der Waals surface area contributed by atoms with E-state index >= 15 is 0 Å². The molecular formula is C13H27N3O2. The number of likely N-dealkylation sites (N-methyl/N-ethyl adjacent to an activating group) is 1. The van der Waals surface area contributed by atoms with Gasteiger partial charge in [0, 0.05) is 39.8 Å². The minimum atomic E-state index is -0.463. The van der Waals surface area contributed by atoms with E-state index in [9.17, 15) is 9.90 Å². The fourth-order valence-electron chi connectivity index (χ4n) is 2.31. The van der Waals surface area contributed by atoms with Gasteiger partial charge in [-0.25, -0.2) is 0 Å². The Morgan fingerprint density at radius 2 is 2.00 bits per heavy atom. The maximum absolute atomic E-state index is 12.5. The van der Waals surface area contributed by atoms with E-state index in [0.29, 0.717) is 13.0 Å². The van der Waals surface area contributed by atoms with Gasteiger partial charge < -0.3 is 15.3 Å². The van der Waals surface area contributed by atoms with Gasteiger partial charge in [0.05, 0.1) is 11.6 Å². The van der Waals surface area contributed by atoms with Crippen LogP contribution in [0.2, 0.25) is 0 Å². The van der Waals surface area contributed by atoms with Crippen molar-refractivity contribution >= 4 is 5.91 Å². The second kappa shape index (κ2) is 6.50. The van der Waals surface area contributed by atoms with Gasteiger partial charge in [0.25, 0.3) is 0 Å². The number of carbonyl (C=O) groups is 1. The van der Waals surface area contributed by atoms with E-state index in [1.54, 1.807) is 11.8 Å². The number of carbonyl (C=O) groups excluding carboxylic acids is 1. The second-order valence-electron chi connectivity index (χ2n) is 5.66. The first-order valence-corrected chi connectivity index (χ1v) is 6.75. The lowest BCUT2D eigenvalue weighted by Crippen LogP contribution is -2.60. The first-order chi connectivity index (χ1) is 8.35. The van der Waals surface area contributed by atoms with E-state index in [2.05, 4.69) is 10.2 Å². The third-order valence-corrected chi connectivity index (χ3v) is 3.66. The Hall–Kier alpha value is -0.650. The van der Waals surface area contributed by atoms with Crippen molar-refractivity contribution in [2.24, 2.45) is 0 Å². The third kappa shape index (κ3) is 3.93. The van der Waals surface area contributed by atoms with Gasteiger partial charge in [-0.15, -0.1) is 0 Å². The first-order valence-electron chi connectivity index (χ1n) is 6.75. The predicted molar refractivity (Wildman–Crippen MR) is 72.5 cm³/mol. The molecule has 5 heteroatoms. The van der Waals surface area contributed by atoms with Crippen molar-refractivity contribution < 1.29 is 9.90 Å². The lowest BCUT2D eigenvalue weighted by Gasteiger charge is -2.41. The van der Waals surface area contributed by atoms with E-state index in [0.717, 1.165) is 26.2 Å². The topological polar surface area (TPSA) is 55.8 Å². The van der Waals surface area contributed by atoms with Crippen LogP contribution in [0.1, 0.15) is 27.2 Å². The molecule has 0 aromatic carbocycles. The van der Waals surface area contributed by atoms with Gasteiger partial charge in [-0.05, 0) is 27.2 Å². The number of hydrogen-bond acceptors (Lipinski definition) is 4. The summed E-state index contributed by atoms with van der Waals surface area (Å²) in [6, 6.07) is 0. The fourth-order valence-corrected chi connectivity index (χ4v) is 2.31. The predicted octanol–water partition coefficient (Wildman–Crippen LogP) is -0.100. The summed E-state index contributed by atoms with van der Waals surface area (Å²) in [5.41, 5.74) is -0.463. The van der Waals surface area contributed by atoms with Gasteiger partial charge in [0.1, 0.15) is 0 Å². The molecule has 0 aliphatic carbocycles. The SMILES string of the molecule is CC(O)CCN(C)C(=O)C(C)(C)N1CCNCC1. The number of piperazine rings is 1. The molecule has 0 bridgehead atoms. The molecule has 0 aromatic heterocycles. The molecule has 0 radical (unpaired) electrons. The van der Waals surface area contributed by atoms with Crippen LogP contribution in [0.15, 0.2) is 0 Å². The summed E-state index contributed by atoms with van der Waals surface area (Å²) in [6.07, 6.45) is 0.266. The van der Waals surface area contributed by atoms with E-state index < -0.39 is 5.54 Å². The summed E-state index contributed by atoms with van der Waals surface area (Å²) in [6.45, 7) is 10.0. The summed E-state index contributed by atoms with van der Waals surface area (Å²) < 4.78 is 0. The minimum absolute atomic E-state index is 0.130. The smallest absolute Gasteiger partial charge is 0.242 e. The Balaban J connectivity index is 2.56. The quantitative estimate of drug-likeness (QED) is 0.722. The minimum Gasteiger partial charge on any atom is -0.393 e. The zero-order valence-electron chi connectivity index (χ0n) is 12.1. The average Bonchev–Trinajstić information content (AvgIpc) is 2.36. The van der Waals surface area contributed by atoms with Crippen molar-refractivity contribution in [3.05, 3.63) is 0 Å². The summed E-state index contributed by atoms with van der Waals surface area (Å²) >= 11 is 0. The third-order valence-electron chi connectivity index (χ3n) is 3.66. The van der Waals surface area contributed by atoms with Crippen molar-refractivity contribution in [2.45, 2.75) is 38.8 Å². The number of hydrogen-bond donors (Lipinski definition) is 2. The van der Waals surface area contributed by atoms with Crippen molar-refractivity contribution in [3.8, 4) is 0 Å². The summed E-state index contributed by atoms with van der Waals surface area (Å²) in [4.78, 5) is 16.4. The maximum Gasteiger partial charge on any atom is 0.242 e. The van der Waals surface area contributed by atoms with Crippen molar-refractivity contribution in [1.29, 1.82) is 0 Å². The highest BCUT2D eigenvalue weighted by atomic mass is 16.3. The molecule has 106 valence electrons. The molecule has 1 unspecified atom stereocenters. The van der Waals surface area contributed by atoms with Gasteiger partial charge in [0.15, 0.2) is 0 Å². The van der Waals surface area contributed by atoms with E-state index in [-0.39, 0.29) is 12.0 Å². The molecule has 5 nitrogen and oxygen atoms in total. The Labute approximate surface area is 110 Å². The number of rotatable bonds is 5. The lowest BCUT2D eigenvalue weighted by atomic mass is 9.99. The monoisotopic (exact) mass is 257 g/mol. The van der Waals surface area contributed by atoms with Gasteiger partial charge in [-0.1, -0.05) is 0 Å². The molecule has 0 aromatic rings. The van der Waals surface area contributed by atoms with Crippen LogP contribution in [0, 0.1) is 0 Å². The molecule has 0 spiro atoms. The molecule has 1 rings (SSSR count). The van der Waals surface area contributed by atoms with Gasteiger partial charge >= 0.3 is 0 Å². The molecule has 1 heterocycles. The molecule has 1 aliphatic rings. The summed E-state index contributed by atoms with van der Waals surface area (Å²) in [7, 11) is 1.81. The van der Waals surface area contributed by atoms with Gasteiger partial charge in [-0.2, -0.15) is 0 Å². The highest BCUT2D eigenvalue weighted by Gasteiger charge is 2.36. The molecular weight excluding hydrogens is 230 g/mol. The highest BCUT2D eigenvalue weighted by molar-refractivity contribution is 5.85. The summed E-state index contributed by atoms with van der Waals surface area (Å²) in [5.74, 6) is 0.130. The molecule has 1 saturated heterocycles. The van der Waals surface area contributed by atoms with Gasteiger partial charge in [0.2, 0.25) is 5.91 Å². The van der Waals surface area contributed by atoms with Gasteiger partial charge in [-0.3, -0.25) is 9.69 Å². The molecule has 1 atom stereocenters. The second-order valence-corrected chi connectivity index (χ2v) is 5.66. The van der Waals surface area contributed by atoms with Crippen LogP contribution >= 0.6 is 0 Å². The van der Waals surface area contributed by atoms with Crippen LogP contribution in [0.5, 0.6) is 0 Å². The first kappa shape index (κ1) is 15.4. The van der Waals surface area contributed by atoms with Crippen LogP contribution in [0.4, 0.5) is 0 Å². The van der Waals surface area contributed by atoms with Crippen LogP contribution in [-0.4, -0.2) is 72.2 Å². The normalized spacial score (nSPS) is 19.6. The number of amides is 1. The standard InChI is InChI=1S/C13H27N3O2/c1-11(17)5-8-15(4)12(18)13(2,3)16-9-6-14-7-10-16/h11,14,17H,5-10H2,1-4H3. The van der Waals surface area contributed by atoms with Crippen molar-refractivity contribution in [2.75, 3.05) is 39.8 Å². The molecule has 0 saturated carbocycles. The zero-order valence-corrected chi connectivity index (χ0v) is 12.1. The summed E-state index contributed by atoms with van der Waals surface area (Å²) in [5, 5.41) is 12.6. The van der Waals surface area contributed by atoms with Crippen LogP contribution in [-0.2, 0) is 4.79 Å². The number of nitrogens with zero attached hydrogens (tertiary/aromatic N) is 2. The van der Waals surface area contributed by atoms with Crippen LogP contribution < -0.4 is 5.32 Å². The molecule has 2 N–H and O–H groups in total. The molecule has 1 aliphatic heterocycles. The Morgan fingerprint density at radius 1 is 1.44 bits per heavy atom. The van der Waals surface area contributed by atoms with Crippen molar-refractivity contribution in [1.82, 2.24) is 15.1 Å². The number of nitrogens with one attached hydrogen (secondary N) is 1. The van der Waals surface area contributed by atoms with E-state index in [1.807, 2.05) is 20.9 Å². The average molecular weight is 257 g/mol.